The molecule has 1 N–H and O–H groups in total. The van der Waals surface area contributed by atoms with E-state index < -0.39 is 0 Å². The number of nitrogens with one attached hydrogen (secondary N) is 1. The number of benzene rings is 1. The minimum atomic E-state index is -0.189. The molecule has 0 amide bonds. The van der Waals surface area contributed by atoms with Crippen LogP contribution in [0.15, 0.2) is 43.9 Å². The zero-order chi connectivity index (χ0) is 13.0. The topological polar surface area (TPSA) is 25.2 Å². The smallest absolute Gasteiger partial charge is 0.183 e. The molecule has 2 aromatic rings. The molecule has 2 rings (SSSR count). The Morgan fingerprint density at radius 3 is 2.72 bits per heavy atom. The summed E-state index contributed by atoms with van der Waals surface area (Å²) < 4.78 is 20.0. The van der Waals surface area contributed by atoms with Gasteiger partial charge in [0.25, 0.3) is 0 Å². The SMILES string of the molecule is Fc1cccc(CCNCc2cc(Br)c(Br)o2)c1. The zero-order valence-electron chi connectivity index (χ0n) is 9.55. The third kappa shape index (κ3) is 3.93. The van der Waals surface area contributed by atoms with Gasteiger partial charge in [0.15, 0.2) is 4.67 Å². The van der Waals surface area contributed by atoms with Gasteiger partial charge in [-0.25, -0.2) is 4.39 Å². The highest BCUT2D eigenvalue weighted by molar-refractivity contribution is 9.13. The van der Waals surface area contributed by atoms with Crippen molar-refractivity contribution in [3.05, 3.63) is 56.6 Å². The van der Waals surface area contributed by atoms with E-state index in [-0.39, 0.29) is 5.82 Å². The molecule has 18 heavy (non-hydrogen) atoms. The van der Waals surface area contributed by atoms with Crippen molar-refractivity contribution in [2.75, 3.05) is 6.54 Å². The summed E-state index contributed by atoms with van der Waals surface area (Å²) in [5, 5.41) is 3.25. The minimum Gasteiger partial charge on any atom is -0.452 e. The second-order valence-corrected chi connectivity index (χ2v) is 5.47. The molecule has 1 heterocycles. The van der Waals surface area contributed by atoms with Crippen LogP contribution in [0.3, 0.4) is 0 Å². The second-order valence-electron chi connectivity index (χ2n) is 3.89. The Kier molecular flexibility index (Phi) is 4.97. The Morgan fingerprint density at radius 2 is 2.06 bits per heavy atom. The Hall–Kier alpha value is -0.650. The van der Waals surface area contributed by atoms with E-state index >= 15 is 0 Å². The lowest BCUT2D eigenvalue weighted by Gasteiger charge is -2.03. The number of furan rings is 1. The third-order valence-corrected chi connectivity index (χ3v) is 4.19. The lowest BCUT2D eigenvalue weighted by molar-refractivity contribution is 0.465. The van der Waals surface area contributed by atoms with E-state index in [1.807, 2.05) is 12.1 Å². The van der Waals surface area contributed by atoms with Crippen LogP contribution in [-0.2, 0) is 13.0 Å². The van der Waals surface area contributed by atoms with Crippen LogP contribution in [0.5, 0.6) is 0 Å². The highest BCUT2D eigenvalue weighted by Crippen LogP contribution is 2.26. The van der Waals surface area contributed by atoms with Crippen molar-refractivity contribution >= 4 is 31.9 Å². The Balaban J connectivity index is 1.76. The maximum atomic E-state index is 12.9. The first-order valence-electron chi connectivity index (χ1n) is 5.54. The van der Waals surface area contributed by atoms with Crippen molar-refractivity contribution in [2.24, 2.45) is 0 Å². The summed E-state index contributed by atoms with van der Waals surface area (Å²) >= 11 is 6.65. The molecular formula is C13H12Br2FNO. The third-order valence-electron chi connectivity index (χ3n) is 2.47. The summed E-state index contributed by atoms with van der Waals surface area (Å²) in [6.07, 6.45) is 0.792. The molecule has 0 aliphatic heterocycles. The Labute approximate surface area is 122 Å². The fourth-order valence-electron chi connectivity index (χ4n) is 1.62. The fraction of sp³-hybridized carbons (Fsp3) is 0.231. The molecule has 0 unspecified atom stereocenters. The van der Waals surface area contributed by atoms with Gasteiger partial charge in [0.05, 0.1) is 11.0 Å². The van der Waals surface area contributed by atoms with E-state index in [1.54, 1.807) is 12.1 Å². The Morgan fingerprint density at radius 1 is 1.22 bits per heavy atom. The molecule has 0 aliphatic rings. The predicted molar refractivity (Wildman–Crippen MR) is 75.9 cm³/mol. The van der Waals surface area contributed by atoms with Gasteiger partial charge in [-0.3, -0.25) is 0 Å². The van der Waals surface area contributed by atoms with Crippen LogP contribution in [0.1, 0.15) is 11.3 Å². The Bertz CT molecular complexity index is 508. The van der Waals surface area contributed by atoms with Crippen molar-refractivity contribution in [1.29, 1.82) is 0 Å². The molecule has 2 nitrogen and oxygen atoms in total. The second kappa shape index (κ2) is 6.50. The van der Waals surface area contributed by atoms with Gasteiger partial charge in [0.2, 0.25) is 0 Å². The maximum absolute atomic E-state index is 12.9. The molecule has 0 fully saturated rings. The summed E-state index contributed by atoms with van der Waals surface area (Å²) in [5.41, 5.74) is 0.990. The van der Waals surface area contributed by atoms with Gasteiger partial charge in [-0.1, -0.05) is 12.1 Å². The summed E-state index contributed by atoms with van der Waals surface area (Å²) in [7, 11) is 0. The maximum Gasteiger partial charge on any atom is 0.183 e. The largest absolute Gasteiger partial charge is 0.452 e. The van der Waals surface area contributed by atoms with E-state index in [0.29, 0.717) is 11.2 Å². The van der Waals surface area contributed by atoms with Crippen molar-refractivity contribution in [3.8, 4) is 0 Å². The van der Waals surface area contributed by atoms with Gasteiger partial charge in [-0.15, -0.1) is 0 Å². The molecular weight excluding hydrogens is 365 g/mol. The van der Waals surface area contributed by atoms with Crippen molar-refractivity contribution < 1.29 is 8.81 Å². The fourth-order valence-corrected chi connectivity index (χ4v) is 2.27. The molecule has 0 atom stereocenters. The lowest BCUT2D eigenvalue weighted by atomic mass is 10.1. The number of halogens is 3. The monoisotopic (exact) mass is 375 g/mol. The molecule has 0 saturated carbocycles. The first-order valence-corrected chi connectivity index (χ1v) is 7.12. The van der Waals surface area contributed by atoms with E-state index in [2.05, 4.69) is 37.2 Å². The summed E-state index contributed by atoms with van der Waals surface area (Å²) in [6, 6.07) is 8.58. The van der Waals surface area contributed by atoms with E-state index in [1.165, 1.54) is 6.07 Å². The molecule has 96 valence electrons. The average molecular weight is 377 g/mol. The average Bonchev–Trinajstić information content (AvgIpc) is 2.65. The number of hydrogen-bond donors (Lipinski definition) is 1. The number of hydrogen-bond acceptors (Lipinski definition) is 2. The minimum absolute atomic E-state index is 0.189. The van der Waals surface area contributed by atoms with Gasteiger partial charge >= 0.3 is 0 Å². The van der Waals surface area contributed by atoms with Gasteiger partial charge in [-0.05, 0) is 68.6 Å². The van der Waals surface area contributed by atoms with Crippen LogP contribution in [0.2, 0.25) is 0 Å². The van der Waals surface area contributed by atoms with Gasteiger partial charge in [0, 0.05) is 0 Å². The van der Waals surface area contributed by atoms with Crippen LogP contribution >= 0.6 is 31.9 Å². The molecule has 0 aliphatic carbocycles. The van der Waals surface area contributed by atoms with Crippen LogP contribution in [0.25, 0.3) is 0 Å². The van der Waals surface area contributed by atoms with Gasteiger partial charge in [-0.2, -0.15) is 0 Å². The number of rotatable bonds is 5. The van der Waals surface area contributed by atoms with Crippen LogP contribution in [-0.4, -0.2) is 6.54 Å². The molecule has 5 heteroatoms. The first-order chi connectivity index (χ1) is 8.65. The first kappa shape index (κ1) is 13.8. The van der Waals surface area contributed by atoms with Crippen LogP contribution in [0.4, 0.5) is 4.39 Å². The molecule has 0 radical (unpaired) electrons. The van der Waals surface area contributed by atoms with Crippen molar-refractivity contribution in [1.82, 2.24) is 5.32 Å². The highest BCUT2D eigenvalue weighted by atomic mass is 79.9. The van der Waals surface area contributed by atoms with Crippen molar-refractivity contribution in [3.63, 3.8) is 0 Å². The quantitative estimate of drug-likeness (QED) is 0.788. The molecule has 1 aromatic heterocycles. The van der Waals surface area contributed by atoms with Crippen LogP contribution < -0.4 is 5.32 Å². The molecule has 0 saturated heterocycles. The van der Waals surface area contributed by atoms with E-state index in [9.17, 15) is 4.39 Å². The lowest BCUT2D eigenvalue weighted by Crippen LogP contribution is -2.16. The summed E-state index contributed by atoms with van der Waals surface area (Å²) in [5.74, 6) is 0.666. The molecule has 0 spiro atoms. The van der Waals surface area contributed by atoms with Crippen LogP contribution in [0, 0.1) is 5.82 Å². The summed E-state index contributed by atoms with van der Waals surface area (Å²) in [4.78, 5) is 0. The molecule has 0 bridgehead atoms. The zero-order valence-corrected chi connectivity index (χ0v) is 12.7. The van der Waals surface area contributed by atoms with Crippen molar-refractivity contribution in [2.45, 2.75) is 13.0 Å². The van der Waals surface area contributed by atoms with Gasteiger partial charge < -0.3 is 9.73 Å². The highest BCUT2D eigenvalue weighted by Gasteiger charge is 2.05. The predicted octanol–water partition coefficient (Wildman–Crippen LogP) is 4.28. The van der Waals surface area contributed by atoms with E-state index in [4.69, 9.17) is 4.42 Å². The molecule has 1 aromatic carbocycles. The standard InChI is InChI=1S/C13H12Br2FNO/c14-12-7-11(18-13(12)15)8-17-5-4-9-2-1-3-10(16)6-9/h1-3,6-7,17H,4-5,8H2. The normalized spacial score (nSPS) is 10.8. The van der Waals surface area contributed by atoms with Gasteiger partial charge in [0.1, 0.15) is 11.6 Å². The van der Waals surface area contributed by atoms with E-state index in [0.717, 1.165) is 28.8 Å². The summed E-state index contributed by atoms with van der Waals surface area (Å²) in [6.45, 7) is 1.43.